The van der Waals surface area contributed by atoms with Crippen LogP contribution in [0.15, 0.2) is 0 Å². The Morgan fingerprint density at radius 2 is 2.18 bits per heavy atom. The van der Waals surface area contributed by atoms with E-state index in [1.54, 1.807) is 7.11 Å². The Bertz CT molecular complexity index is 108. The number of hydrogen-bond donors (Lipinski definition) is 2. The molecule has 0 heterocycles. The first kappa shape index (κ1) is 10.3. The Hall–Kier alpha value is -0.650. The molecule has 0 aliphatic heterocycles. The summed E-state index contributed by atoms with van der Waals surface area (Å²) in [6, 6.07) is 0. The van der Waals surface area contributed by atoms with Crippen molar-refractivity contribution in [3.05, 3.63) is 0 Å². The standard InChI is InChI=1S/C6H14N2O3/c1-10-4-3-7-5-6(9)8-11-2/h7H,3-5H2,1-2H3,(H,8,9). The maximum absolute atomic E-state index is 10.7. The highest BCUT2D eigenvalue weighted by atomic mass is 16.6. The summed E-state index contributed by atoms with van der Waals surface area (Å²) < 4.78 is 4.76. The van der Waals surface area contributed by atoms with Gasteiger partial charge in [0.2, 0.25) is 0 Å². The predicted molar refractivity (Wildman–Crippen MR) is 39.9 cm³/mol. The van der Waals surface area contributed by atoms with Gasteiger partial charge >= 0.3 is 0 Å². The van der Waals surface area contributed by atoms with E-state index in [0.29, 0.717) is 13.2 Å². The minimum Gasteiger partial charge on any atom is -0.383 e. The first-order chi connectivity index (χ1) is 5.31. The van der Waals surface area contributed by atoms with E-state index in [2.05, 4.69) is 15.6 Å². The van der Waals surface area contributed by atoms with Crippen molar-refractivity contribution in [3.8, 4) is 0 Å². The van der Waals surface area contributed by atoms with Crippen LogP contribution in [0.3, 0.4) is 0 Å². The Balaban J connectivity index is 3.04. The quantitative estimate of drug-likeness (QED) is 0.384. The minimum absolute atomic E-state index is 0.191. The summed E-state index contributed by atoms with van der Waals surface area (Å²) >= 11 is 0. The second kappa shape index (κ2) is 7.46. The number of hydrogen-bond acceptors (Lipinski definition) is 4. The average molecular weight is 162 g/mol. The van der Waals surface area contributed by atoms with Gasteiger partial charge in [-0.3, -0.25) is 9.63 Å². The fourth-order valence-corrected chi connectivity index (χ4v) is 0.526. The van der Waals surface area contributed by atoms with Gasteiger partial charge in [0.1, 0.15) is 0 Å². The first-order valence-electron chi connectivity index (χ1n) is 3.32. The third-order valence-electron chi connectivity index (χ3n) is 0.984. The molecule has 66 valence electrons. The molecule has 0 rings (SSSR count). The van der Waals surface area contributed by atoms with Crippen LogP contribution in [0.25, 0.3) is 0 Å². The van der Waals surface area contributed by atoms with E-state index in [4.69, 9.17) is 4.74 Å². The molecule has 0 saturated carbocycles. The van der Waals surface area contributed by atoms with Crippen LogP contribution in [0.5, 0.6) is 0 Å². The van der Waals surface area contributed by atoms with Crippen molar-refractivity contribution >= 4 is 5.91 Å². The van der Waals surface area contributed by atoms with Gasteiger partial charge in [0.25, 0.3) is 5.91 Å². The SMILES string of the molecule is COCCNCC(=O)NOC. The molecule has 0 aromatic carbocycles. The van der Waals surface area contributed by atoms with Gasteiger partial charge in [-0.15, -0.1) is 0 Å². The molecule has 0 aromatic rings. The highest BCUT2D eigenvalue weighted by Gasteiger charge is 1.96. The van der Waals surface area contributed by atoms with Gasteiger partial charge in [-0.2, -0.15) is 0 Å². The second-order valence-electron chi connectivity index (χ2n) is 1.90. The van der Waals surface area contributed by atoms with Crippen LogP contribution in [0.1, 0.15) is 0 Å². The van der Waals surface area contributed by atoms with E-state index in [1.807, 2.05) is 0 Å². The van der Waals surface area contributed by atoms with Gasteiger partial charge in [0.05, 0.1) is 20.3 Å². The Morgan fingerprint density at radius 1 is 1.45 bits per heavy atom. The number of nitrogens with one attached hydrogen (secondary N) is 2. The maximum Gasteiger partial charge on any atom is 0.257 e. The molecule has 0 aliphatic carbocycles. The minimum atomic E-state index is -0.191. The average Bonchev–Trinajstić information content (AvgIpc) is 1.99. The molecule has 11 heavy (non-hydrogen) atoms. The van der Waals surface area contributed by atoms with E-state index in [-0.39, 0.29) is 12.5 Å². The van der Waals surface area contributed by atoms with Crippen molar-refractivity contribution in [2.75, 3.05) is 33.9 Å². The summed E-state index contributed by atoms with van der Waals surface area (Å²) in [5.74, 6) is -0.191. The lowest BCUT2D eigenvalue weighted by Gasteiger charge is -2.02. The fourth-order valence-electron chi connectivity index (χ4n) is 0.526. The van der Waals surface area contributed by atoms with E-state index in [0.717, 1.165) is 0 Å². The molecule has 0 bridgehead atoms. The number of hydroxylamine groups is 1. The third kappa shape index (κ3) is 7.24. The van der Waals surface area contributed by atoms with Crippen molar-refractivity contribution in [1.82, 2.24) is 10.8 Å². The van der Waals surface area contributed by atoms with E-state index < -0.39 is 0 Å². The van der Waals surface area contributed by atoms with Crippen LogP contribution >= 0.6 is 0 Å². The summed E-state index contributed by atoms with van der Waals surface area (Å²) in [5.41, 5.74) is 2.18. The second-order valence-corrected chi connectivity index (χ2v) is 1.90. The molecule has 0 atom stereocenters. The number of ether oxygens (including phenoxy) is 1. The van der Waals surface area contributed by atoms with Gasteiger partial charge in [-0.25, -0.2) is 5.48 Å². The zero-order valence-corrected chi connectivity index (χ0v) is 6.85. The van der Waals surface area contributed by atoms with Crippen molar-refractivity contribution in [1.29, 1.82) is 0 Å². The van der Waals surface area contributed by atoms with E-state index in [1.165, 1.54) is 7.11 Å². The Labute approximate surface area is 66.0 Å². The third-order valence-corrected chi connectivity index (χ3v) is 0.984. The largest absolute Gasteiger partial charge is 0.383 e. The van der Waals surface area contributed by atoms with E-state index >= 15 is 0 Å². The lowest BCUT2D eigenvalue weighted by Crippen LogP contribution is -2.34. The van der Waals surface area contributed by atoms with Crippen molar-refractivity contribution in [2.45, 2.75) is 0 Å². The number of carbonyl (C=O) groups is 1. The molecule has 0 unspecified atom stereocenters. The number of amides is 1. The van der Waals surface area contributed by atoms with Gasteiger partial charge < -0.3 is 10.1 Å². The smallest absolute Gasteiger partial charge is 0.257 e. The molecule has 5 nitrogen and oxygen atoms in total. The van der Waals surface area contributed by atoms with Gasteiger partial charge in [0.15, 0.2) is 0 Å². The molecule has 1 amide bonds. The van der Waals surface area contributed by atoms with Crippen LogP contribution in [0, 0.1) is 0 Å². The highest BCUT2D eigenvalue weighted by Crippen LogP contribution is 1.66. The summed E-state index contributed by atoms with van der Waals surface area (Å²) in [7, 11) is 3.00. The molecule has 0 aromatic heterocycles. The molecule has 0 aliphatic rings. The summed E-state index contributed by atoms with van der Waals surface area (Å²) in [6.45, 7) is 1.51. The van der Waals surface area contributed by atoms with Crippen LogP contribution in [-0.4, -0.2) is 39.8 Å². The lowest BCUT2D eigenvalue weighted by molar-refractivity contribution is -0.130. The number of carbonyl (C=O) groups excluding carboxylic acids is 1. The molecule has 5 heteroatoms. The van der Waals surface area contributed by atoms with Gasteiger partial charge in [-0.1, -0.05) is 0 Å². The number of rotatable bonds is 6. The molecule has 0 radical (unpaired) electrons. The maximum atomic E-state index is 10.7. The van der Waals surface area contributed by atoms with Crippen LogP contribution in [0.2, 0.25) is 0 Å². The lowest BCUT2D eigenvalue weighted by atomic mass is 10.6. The van der Waals surface area contributed by atoms with Crippen molar-refractivity contribution < 1.29 is 14.4 Å². The fraction of sp³-hybridized carbons (Fsp3) is 0.833. The van der Waals surface area contributed by atoms with Crippen LogP contribution in [0.4, 0.5) is 0 Å². The Kier molecular flexibility index (Phi) is 7.02. The zero-order valence-electron chi connectivity index (χ0n) is 6.85. The normalized spacial score (nSPS) is 9.64. The van der Waals surface area contributed by atoms with Crippen LogP contribution < -0.4 is 10.8 Å². The molecule has 2 N–H and O–H groups in total. The van der Waals surface area contributed by atoms with Crippen molar-refractivity contribution in [3.63, 3.8) is 0 Å². The molecular formula is C6H14N2O3. The highest BCUT2D eigenvalue weighted by molar-refractivity contribution is 5.76. The van der Waals surface area contributed by atoms with Gasteiger partial charge in [-0.05, 0) is 0 Å². The monoisotopic (exact) mass is 162 g/mol. The predicted octanol–water partition coefficient (Wildman–Crippen LogP) is -1.10. The van der Waals surface area contributed by atoms with Gasteiger partial charge in [0, 0.05) is 13.7 Å². The molecule has 0 spiro atoms. The summed E-state index contributed by atoms with van der Waals surface area (Å²) in [4.78, 5) is 15.1. The van der Waals surface area contributed by atoms with Crippen molar-refractivity contribution in [2.24, 2.45) is 0 Å². The Morgan fingerprint density at radius 3 is 2.73 bits per heavy atom. The molecular weight excluding hydrogens is 148 g/mol. The molecule has 0 saturated heterocycles. The first-order valence-corrected chi connectivity index (χ1v) is 3.32. The summed E-state index contributed by atoms with van der Waals surface area (Å²) in [6.07, 6.45) is 0. The molecule has 0 fully saturated rings. The zero-order chi connectivity index (χ0) is 8.53. The van der Waals surface area contributed by atoms with E-state index in [9.17, 15) is 4.79 Å². The topological polar surface area (TPSA) is 59.6 Å². The summed E-state index contributed by atoms with van der Waals surface area (Å²) in [5, 5.41) is 2.85. The van der Waals surface area contributed by atoms with Crippen LogP contribution in [-0.2, 0) is 14.4 Å². The number of methoxy groups -OCH3 is 1.